The Hall–Kier alpha value is -1.24. The first-order chi connectivity index (χ1) is 4.86. The van der Waals surface area contributed by atoms with Gasteiger partial charge in [-0.25, -0.2) is 0 Å². The molecule has 0 N–H and O–H groups in total. The van der Waals surface area contributed by atoms with Gasteiger partial charge in [0.1, 0.15) is 0 Å². The fraction of sp³-hybridized carbons (Fsp3) is 0.111. The Morgan fingerprint density at radius 3 is 2.80 bits per heavy atom. The molecule has 1 aromatic rings. The Labute approximate surface area is 60.4 Å². The van der Waals surface area contributed by atoms with Crippen molar-refractivity contribution in [1.82, 2.24) is 5.32 Å². The van der Waals surface area contributed by atoms with E-state index in [1.165, 1.54) is 5.56 Å². The van der Waals surface area contributed by atoms with Crippen LogP contribution in [0.5, 0.6) is 0 Å². The molecule has 0 unspecified atom stereocenters. The Bertz CT molecular complexity index is 287. The summed E-state index contributed by atoms with van der Waals surface area (Å²) in [7, 11) is 0. The van der Waals surface area contributed by atoms with Crippen molar-refractivity contribution >= 4 is 11.8 Å². The number of para-hydroxylation sites is 1. The van der Waals surface area contributed by atoms with Crippen LogP contribution < -0.4 is 5.32 Å². The van der Waals surface area contributed by atoms with E-state index in [2.05, 4.69) is 17.5 Å². The van der Waals surface area contributed by atoms with Gasteiger partial charge in [-0.3, -0.25) is 5.32 Å². The standard InChI is InChI=1S/C9H8N/c1-7-6-8-4-2-3-5-9(8)10-7/h2-6H,1H3. The summed E-state index contributed by atoms with van der Waals surface area (Å²) in [5.74, 6) is 0. The third kappa shape index (κ3) is 0.711. The average molecular weight is 130 g/mol. The molecule has 1 aliphatic heterocycles. The maximum atomic E-state index is 4.31. The molecule has 0 fully saturated rings. The van der Waals surface area contributed by atoms with Gasteiger partial charge in [0.15, 0.2) is 0 Å². The minimum Gasteiger partial charge on any atom is -0.253 e. The summed E-state index contributed by atoms with van der Waals surface area (Å²) in [5, 5.41) is 4.31. The largest absolute Gasteiger partial charge is 0.253 e. The molecule has 10 heavy (non-hydrogen) atoms. The Kier molecular flexibility index (Phi) is 1.04. The summed E-state index contributed by atoms with van der Waals surface area (Å²) >= 11 is 0. The molecule has 0 saturated heterocycles. The number of hydrogen-bond acceptors (Lipinski definition) is 0. The van der Waals surface area contributed by atoms with Crippen LogP contribution in [-0.4, -0.2) is 0 Å². The number of hydrogen-bond donors (Lipinski definition) is 0. The van der Waals surface area contributed by atoms with E-state index in [9.17, 15) is 0 Å². The molecule has 0 aliphatic carbocycles. The van der Waals surface area contributed by atoms with E-state index in [1.54, 1.807) is 0 Å². The van der Waals surface area contributed by atoms with Gasteiger partial charge in [-0.2, -0.15) is 0 Å². The summed E-state index contributed by atoms with van der Waals surface area (Å²) in [6.07, 6.45) is 2.09. The van der Waals surface area contributed by atoms with Crippen molar-refractivity contribution in [3.63, 3.8) is 0 Å². The molecule has 49 valence electrons. The van der Waals surface area contributed by atoms with Gasteiger partial charge in [-0.1, -0.05) is 18.2 Å². The molecule has 1 nitrogen and oxygen atoms in total. The molecule has 0 amide bonds. The van der Waals surface area contributed by atoms with Crippen LogP contribution in [0.3, 0.4) is 0 Å². The molecule has 1 aliphatic rings. The van der Waals surface area contributed by atoms with Crippen molar-refractivity contribution in [3.05, 3.63) is 35.5 Å². The number of rotatable bonds is 0. The minimum atomic E-state index is 1.10. The minimum absolute atomic E-state index is 1.10. The van der Waals surface area contributed by atoms with Crippen LogP contribution in [0.4, 0.5) is 5.69 Å². The third-order valence-electron chi connectivity index (χ3n) is 1.60. The first-order valence-corrected chi connectivity index (χ1v) is 3.35. The van der Waals surface area contributed by atoms with Crippen LogP contribution in [0.25, 0.3) is 6.08 Å². The molecular weight excluding hydrogens is 122 g/mol. The monoisotopic (exact) mass is 130 g/mol. The lowest BCUT2D eigenvalue weighted by atomic mass is 10.2. The zero-order chi connectivity index (χ0) is 6.97. The highest BCUT2D eigenvalue weighted by molar-refractivity contribution is 5.71. The lowest BCUT2D eigenvalue weighted by Gasteiger charge is -1.94. The molecule has 0 spiro atoms. The van der Waals surface area contributed by atoms with Crippen molar-refractivity contribution in [1.29, 1.82) is 0 Å². The van der Waals surface area contributed by atoms with Gasteiger partial charge in [0.25, 0.3) is 0 Å². The number of allylic oxidation sites excluding steroid dienone is 1. The SMILES string of the molecule is CC1=Cc2ccccc2[N]1. The number of fused-ring (bicyclic) bond motifs is 1. The van der Waals surface area contributed by atoms with Crippen molar-refractivity contribution in [2.24, 2.45) is 0 Å². The second kappa shape index (κ2) is 1.87. The van der Waals surface area contributed by atoms with E-state index in [0.29, 0.717) is 0 Å². The zero-order valence-corrected chi connectivity index (χ0v) is 5.83. The van der Waals surface area contributed by atoms with Crippen LogP contribution in [0, 0.1) is 0 Å². The van der Waals surface area contributed by atoms with Crippen LogP contribution in [-0.2, 0) is 0 Å². The smallest absolute Gasteiger partial charge is 0.0705 e. The maximum Gasteiger partial charge on any atom is 0.0705 e. The molecule has 0 bridgehead atoms. The van der Waals surface area contributed by atoms with Crippen molar-refractivity contribution in [2.75, 3.05) is 0 Å². The number of nitrogens with zero attached hydrogens (tertiary/aromatic N) is 1. The maximum absolute atomic E-state index is 4.31. The first-order valence-electron chi connectivity index (χ1n) is 3.35. The highest BCUT2D eigenvalue weighted by Crippen LogP contribution is 2.25. The van der Waals surface area contributed by atoms with Gasteiger partial charge >= 0.3 is 0 Å². The normalized spacial score (nSPS) is 13.9. The van der Waals surface area contributed by atoms with Gasteiger partial charge in [0.05, 0.1) is 5.69 Å². The summed E-state index contributed by atoms with van der Waals surface area (Å²) in [6, 6.07) is 8.15. The van der Waals surface area contributed by atoms with Crippen LogP contribution in [0.1, 0.15) is 12.5 Å². The van der Waals surface area contributed by atoms with E-state index in [4.69, 9.17) is 0 Å². The molecule has 1 heteroatoms. The van der Waals surface area contributed by atoms with Gasteiger partial charge < -0.3 is 0 Å². The van der Waals surface area contributed by atoms with Crippen LogP contribution >= 0.6 is 0 Å². The van der Waals surface area contributed by atoms with E-state index in [0.717, 1.165) is 11.4 Å². The Morgan fingerprint density at radius 1 is 1.20 bits per heavy atom. The van der Waals surface area contributed by atoms with Crippen LogP contribution in [0.2, 0.25) is 0 Å². The van der Waals surface area contributed by atoms with E-state index in [-0.39, 0.29) is 0 Å². The summed E-state index contributed by atoms with van der Waals surface area (Å²) in [6.45, 7) is 2.01. The Balaban J connectivity index is 2.54. The molecule has 0 atom stereocenters. The lowest BCUT2D eigenvalue weighted by Crippen LogP contribution is -1.85. The fourth-order valence-electron chi connectivity index (χ4n) is 1.16. The van der Waals surface area contributed by atoms with E-state index in [1.807, 2.05) is 25.1 Å². The molecule has 0 aromatic heterocycles. The molecule has 2 rings (SSSR count). The van der Waals surface area contributed by atoms with Crippen molar-refractivity contribution < 1.29 is 0 Å². The highest BCUT2D eigenvalue weighted by Gasteiger charge is 2.07. The molecule has 1 heterocycles. The summed E-state index contributed by atoms with van der Waals surface area (Å²) < 4.78 is 0. The van der Waals surface area contributed by atoms with Crippen molar-refractivity contribution in [3.8, 4) is 0 Å². The van der Waals surface area contributed by atoms with Crippen LogP contribution in [0.15, 0.2) is 30.0 Å². The van der Waals surface area contributed by atoms with E-state index < -0.39 is 0 Å². The second-order valence-electron chi connectivity index (χ2n) is 2.46. The molecule has 0 saturated carbocycles. The highest BCUT2D eigenvalue weighted by atomic mass is 14.9. The van der Waals surface area contributed by atoms with Gasteiger partial charge in [0, 0.05) is 11.3 Å². The second-order valence-corrected chi connectivity index (χ2v) is 2.46. The average Bonchev–Trinajstić information content (AvgIpc) is 2.27. The zero-order valence-electron chi connectivity index (χ0n) is 5.83. The lowest BCUT2D eigenvalue weighted by molar-refractivity contribution is 1.09. The quantitative estimate of drug-likeness (QED) is 0.511. The molecular formula is C9H8N. The van der Waals surface area contributed by atoms with Crippen molar-refractivity contribution in [2.45, 2.75) is 6.92 Å². The molecule has 1 aromatic carbocycles. The van der Waals surface area contributed by atoms with Gasteiger partial charge in [-0.15, -0.1) is 0 Å². The predicted molar refractivity (Wildman–Crippen MR) is 41.9 cm³/mol. The third-order valence-corrected chi connectivity index (χ3v) is 1.60. The predicted octanol–water partition coefficient (Wildman–Crippen LogP) is 2.30. The molecule has 1 radical (unpaired) electrons. The first kappa shape index (κ1) is 5.54. The number of benzene rings is 1. The Morgan fingerprint density at radius 2 is 2.00 bits per heavy atom. The van der Waals surface area contributed by atoms with Gasteiger partial charge in [-0.05, 0) is 19.1 Å². The summed E-state index contributed by atoms with van der Waals surface area (Å²) in [5.41, 5.74) is 3.43. The van der Waals surface area contributed by atoms with Gasteiger partial charge in [0.2, 0.25) is 0 Å². The summed E-state index contributed by atoms with van der Waals surface area (Å²) in [4.78, 5) is 0. The fourth-order valence-corrected chi connectivity index (χ4v) is 1.16. The van der Waals surface area contributed by atoms with E-state index >= 15 is 0 Å². The topological polar surface area (TPSA) is 14.1 Å².